The lowest BCUT2D eigenvalue weighted by Gasteiger charge is -2.22. The molecule has 110 valence electrons. The van der Waals surface area contributed by atoms with Crippen LogP contribution in [-0.4, -0.2) is 10.9 Å². The van der Waals surface area contributed by atoms with Crippen LogP contribution in [0, 0.1) is 11.6 Å². The number of nitrogen functional groups attached to an aromatic ring is 1. The molecule has 4 heteroatoms. The van der Waals surface area contributed by atoms with Gasteiger partial charge < -0.3 is 5.73 Å². The number of nitrogens with two attached hydrogens (primary N) is 1. The van der Waals surface area contributed by atoms with Crippen LogP contribution in [0.4, 0.5) is 14.5 Å². The van der Waals surface area contributed by atoms with Crippen molar-refractivity contribution in [3.05, 3.63) is 65.2 Å². The van der Waals surface area contributed by atoms with Gasteiger partial charge in [-0.05, 0) is 48.2 Å². The van der Waals surface area contributed by atoms with Gasteiger partial charge in [-0.2, -0.15) is 0 Å². The van der Waals surface area contributed by atoms with Gasteiger partial charge in [0.15, 0.2) is 11.6 Å². The Bertz CT molecular complexity index is 621. The zero-order chi connectivity index (χ0) is 14.8. The Hall–Kier alpha value is -1.94. The second-order valence-electron chi connectivity index (χ2n) is 5.63. The Morgan fingerprint density at radius 3 is 2.14 bits per heavy atom. The van der Waals surface area contributed by atoms with Gasteiger partial charge in [0, 0.05) is 24.8 Å². The highest BCUT2D eigenvalue weighted by Crippen LogP contribution is 2.30. The van der Waals surface area contributed by atoms with E-state index < -0.39 is 11.6 Å². The second kappa shape index (κ2) is 5.82. The first-order valence-corrected chi connectivity index (χ1v) is 7.14. The molecule has 2 N–H and O–H groups in total. The Morgan fingerprint density at radius 1 is 0.905 bits per heavy atom. The molecule has 3 rings (SSSR count). The van der Waals surface area contributed by atoms with Gasteiger partial charge in [0.1, 0.15) is 0 Å². The highest BCUT2D eigenvalue weighted by atomic mass is 19.2. The highest BCUT2D eigenvalue weighted by molar-refractivity contribution is 5.39. The van der Waals surface area contributed by atoms with E-state index in [2.05, 4.69) is 4.90 Å². The van der Waals surface area contributed by atoms with Crippen molar-refractivity contribution in [1.82, 2.24) is 4.90 Å². The molecular formula is C17H18F2N2. The molecule has 0 heterocycles. The van der Waals surface area contributed by atoms with Gasteiger partial charge >= 0.3 is 0 Å². The summed E-state index contributed by atoms with van der Waals surface area (Å²) in [6.45, 7) is 1.43. The van der Waals surface area contributed by atoms with Gasteiger partial charge in [0.2, 0.25) is 0 Å². The van der Waals surface area contributed by atoms with Gasteiger partial charge in [-0.3, -0.25) is 4.90 Å². The summed E-state index contributed by atoms with van der Waals surface area (Å²) in [6.07, 6.45) is 2.33. The van der Waals surface area contributed by atoms with E-state index in [9.17, 15) is 8.78 Å². The van der Waals surface area contributed by atoms with Crippen molar-refractivity contribution >= 4 is 5.69 Å². The van der Waals surface area contributed by atoms with Crippen LogP contribution in [0.1, 0.15) is 24.0 Å². The van der Waals surface area contributed by atoms with E-state index in [1.54, 1.807) is 6.07 Å². The third kappa shape index (κ3) is 3.58. The molecular weight excluding hydrogens is 270 g/mol. The number of nitrogens with zero attached hydrogens (tertiary/aromatic N) is 1. The molecule has 0 spiro atoms. The van der Waals surface area contributed by atoms with Crippen molar-refractivity contribution in [2.45, 2.75) is 32.0 Å². The number of hydrogen-bond acceptors (Lipinski definition) is 2. The van der Waals surface area contributed by atoms with Crippen LogP contribution in [-0.2, 0) is 13.1 Å². The first-order chi connectivity index (χ1) is 10.1. The van der Waals surface area contributed by atoms with Gasteiger partial charge in [0.25, 0.3) is 0 Å². The van der Waals surface area contributed by atoms with E-state index in [0.717, 1.165) is 17.8 Å². The predicted octanol–water partition coefficient (Wildman–Crippen LogP) is 3.71. The van der Waals surface area contributed by atoms with Crippen molar-refractivity contribution in [2.75, 3.05) is 5.73 Å². The van der Waals surface area contributed by atoms with Crippen molar-refractivity contribution in [3.8, 4) is 0 Å². The minimum absolute atomic E-state index is 0.538. The zero-order valence-electron chi connectivity index (χ0n) is 11.7. The first kappa shape index (κ1) is 14.0. The van der Waals surface area contributed by atoms with Crippen LogP contribution in [0.2, 0.25) is 0 Å². The maximum Gasteiger partial charge on any atom is 0.159 e. The average molecular weight is 288 g/mol. The van der Waals surface area contributed by atoms with Crippen molar-refractivity contribution < 1.29 is 8.78 Å². The van der Waals surface area contributed by atoms with Crippen LogP contribution in [0.5, 0.6) is 0 Å². The van der Waals surface area contributed by atoms with E-state index in [1.165, 1.54) is 30.5 Å². The van der Waals surface area contributed by atoms with E-state index in [4.69, 9.17) is 5.73 Å². The molecule has 0 aromatic heterocycles. The molecule has 0 unspecified atom stereocenters. The van der Waals surface area contributed by atoms with Crippen LogP contribution < -0.4 is 5.73 Å². The number of halogens is 2. The molecule has 1 fully saturated rings. The quantitative estimate of drug-likeness (QED) is 0.850. The molecule has 2 aromatic carbocycles. The van der Waals surface area contributed by atoms with Crippen LogP contribution in [0.25, 0.3) is 0 Å². The molecule has 0 atom stereocenters. The summed E-state index contributed by atoms with van der Waals surface area (Å²) in [6, 6.07) is 12.5. The van der Waals surface area contributed by atoms with E-state index in [0.29, 0.717) is 12.6 Å². The molecule has 0 radical (unpaired) electrons. The van der Waals surface area contributed by atoms with Crippen LogP contribution >= 0.6 is 0 Å². The molecule has 0 saturated heterocycles. The van der Waals surface area contributed by atoms with Crippen molar-refractivity contribution in [1.29, 1.82) is 0 Å². The third-order valence-corrected chi connectivity index (χ3v) is 3.80. The monoisotopic (exact) mass is 288 g/mol. The van der Waals surface area contributed by atoms with Gasteiger partial charge in [-0.15, -0.1) is 0 Å². The average Bonchev–Trinajstić information content (AvgIpc) is 3.29. The smallest absolute Gasteiger partial charge is 0.159 e. The Morgan fingerprint density at radius 2 is 1.52 bits per heavy atom. The van der Waals surface area contributed by atoms with Gasteiger partial charge in [-0.25, -0.2) is 8.78 Å². The highest BCUT2D eigenvalue weighted by Gasteiger charge is 2.29. The van der Waals surface area contributed by atoms with Gasteiger partial charge in [0.05, 0.1) is 0 Å². The number of benzene rings is 2. The SMILES string of the molecule is Nc1ccc(CN(Cc2ccc(F)c(F)c2)C2CC2)cc1. The molecule has 1 aliphatic carbocycles. The Kier molecular flexibility index (Phi) is 3.88. The zero-order valence-corrected chi connectivity index (χ0v) is 11.7. The molecule has 2 nitrogen and oxygen atoms in total. The fourth-order valence-corrected chi connectivity index (χ4v) is 2.48. The van der Waals surface area contributed by atoms with E-state index in [1.807, 2.05) is 24.3 Å². The standard InChI is InChI=1S/C17H18F2N2/c18-16-8-3-13(9-17(16)19)11-21(15-6-7-15)10-12-1-4-14(20)5-2-12/h1-5,8-9,15H,6-7,10-11,20H2. The number of anilines is 1. The maximum atomic E-state index is 13.3. The molecule has 0 bridgehead atoms. The van der Waals surface area contributed by atoms with Crippen LogP contribution in [0.3, 0.4) is 0 Å². The molecule has 0 aliphatic heterocycles. The summed E-state index contributed by atoms with van der Waals surface area (Å²) >= 11 is 0. The summed E-state index contributed by atoms with van der Waals surface area (Å²) in [7, 11) is 0. The van der Waals surface area contributed by atoms with Crippen molar-refractivity contribution in [2.24, 2.45) is 0 Å². The molecule has 0 amide bonds. The lowest BCUT2D eigenvalue weighted by molar-refractivity contribution is 0.245. The fraction of sp³-hybridized carbons (Fsp3) is 0.294. The molecule has 2 aromatic rings. The largest absolute Gasteiger partial charge is 0.399 e. The van der Waals surface area contributed by atoms with Crippen molar-refractivity contribution in [3.63, 3.8) is 0 Å². The van der Waals surface area contributed by atoms with E-state index >= 15 is 0 Å². The predicted molar refractivity (Wildman–Crippen MR) is 79.5 cm³/mol. The molecule has 21 heavy (non-hydrogen) atoms. The lowest BCUT2D eigenvalue weighted by atomic mass is 10.1. The minimum Gasteiger partial charge on any atom is -0.399 e. The summed E-state index contributed by atoms with van der Waals surface area (Å²) < 4.78 is 26.3. The van der Waals surface area contributed by atoms with Gasteiger partial charge in [-0.1, -0.05) is 18.2 Å². The molecule has 1 aliphatic rings. The Balaban J connectivity index is 1.72. The minimum atomic E-state index is -0.796. The summed E-state index contributed by atoms with van der Waals surface area (Å²) in [5, 5.41) is 0. The normalized spacial score (nSPS) is 14.6. The number of rotatable bonds is 5. The maximum absolute atomic E-state index is 13.3. The summed E-state index contributed by atoms with van der Waals surface area (Å²) in [4.78, 5) is 2.30. The lowest BCUT2D eigenvalue weighted by Crippen LogP contribution is -2.25. The Labute approximate surface area is 123 Å². The second-order valence-corrected chi connectivity index (χ2v) is 5.63. The number of hydrogen-bond donors (Lipinski definition) is 1. The van der Waals surface area contributed by atoms with E-state index in [-0.39, 0.29) is 0 Å². The first-order valence-electron chi connectivity index (χ1n) is 7.14. The van der Waals surface area contributed by atoms with Crippen LogP contribution in [0.15, 0.2) is 42.5 Å². The summed E-state index contributed by atoms with van der Waals surface area (Å²) in [5.74, 6) is -1.58. The molecule has 1 saturated carbocycles. The topological polar surface area (TPSA) is 29.3 Å². The fourth-order valence-electron chi connectivity index (χ4n) is 2.48. The summed E-state index contributed by atoms with van der Waals surface area (Å²) in [5.41, 5.74) is 8.42. The third-order valence-electron chi connectivity index (χ3n) is 3.80.